The molecule has 2 unspecified atom stereocenters. The Morgan fingerprint density at radius 2 is 1.89 bits per heavy atom. The van der Waals surface area contributed by atoms with E-state index in [1.54, 1.807) is 6.07 Å². The number of aliphatic hydroxyl groups excluding tert-OH is 1. The second-order valence-corrected chi connectivity index (χ2v) is 8.48. The molecule has 1 fully saturated rings. The monoisotopic (exact) mass is 382 g/mol. The maximum atomic E-state index is 14.8. The number of anilines is 1. The summed E-state index contributed by atoms with van der Waals surface area (Å²) in [5.41, 5.74) is 2.30. The Morgan fingerprint density at radius 1 is 1.21 bits per heavy atom. The molecule has 148 valence electrons. The fraction of sp³-hybridized carbons (Fsp3) is 0.435. The second-order valence-electron chi connectivity index (χ2n) is 8.48. The molecule has 1 heterocycles. The first kappa shape index (κ1) is 19.1. The van der Waals surface area contributed by atoms with Crippen molar-refractivity contribution in [3.8, 4) is 0 Å². The van der Waals surface area contributed by atoms with E-state index in [0.717, 1.165) is 42.6 Å². The van der Waals surface area contributed by atoms with Crippen molar-refractivity contribution in [1.29, 1.82) is 0 Å². The van der Waals surface area contributed by atoms with E-state index in [0.29, 0.717) is 0 Å². The molecule has 1 aliphatic carbocycles. The zero-order valence-electron chi connectivity index (χ0n) is 16.4. The fourth-order valence-electron chi connectivity index (χ4n) is 4.60. The van der Waals surface area contributed by atoms with Crippen LogP contribution in [0.3, 0.4) is 0 Å². The highest BCUT2D eigenvalue weighted by atomic mass is 19.1. The van der Waals surface area contributed by atoms with Gasteiger partial charge in [0.1, 0.15) is 5.82 Å². The number of nitrogens with one attached hydrogen (secondary N) is 1. The summed E-state index contributed by atoms with van der Waals surface area (Å²) in [6.45, 7) is 5.79. The van der Waals surface area contributed by atoms with E-state index >= 15 is 0 Å². The number of hydrogen-bond acceptors (Lipinski definition) is 3. The van der Waals surface area contributed by atoms with Gasteiger partial charge in [0.2, 0.25) is 5.91 Å². The van der Waals surface area contributed by atoms with Crippen molar-refractivity contribution in [2.75, 3.05) is 18.4 Å². The molecule has 4 rings (SSSR count). The highest BCUT2D eigenvalue weighted by Gasteiger charge is 2.48. The van der Waals surface area contributed by atoms with Crippen molar-refractivity contribution < 1.29 is 14.3 Å². The molecule has 2 aromatic carbocycles. The predicted molar refractivity (Wildman–Crippen MR) is 108 cm³/mol. The zero-order valence-corrected chi connectivity index (χ0v) is 16.4. The van der Waals surface area contributed by atoms with Crippen molar-refractivity contribution >= 4 is 11.6 Å². The van der Waals surface area contributed by atoms with Crippen LogP contribution in [0.4, 0.5) is 10.1 Å². The summed E-state index contributed by atoms with van der Waals surface area (Å²) in [5.74, 6) is -0.705. The number of fused-ring (bicyclic) bond motifs is 1. The maximum absolute atomic E-state index is 14.8. The van der Waals surface area contributed by atoms with Crippen LogP contribution >= 0.6 is 0 Å². The van der Waals surface area contributed by atoms with Gasteiger partial charge in [-0.25, -0.2) is 4.39 Å². The Hall–Kier alpha value is -2.24. The molecule has 28 heavy (non-hydrogen) atoms. The molecule has 5 heteroatoms. The van der Waals surface area contributed by atoms with Crippen molar-refractivity contribution in [2.24, 2.45) is 0 Å². The minimum absolute atomic E-state index is 0.155. The third kappa shape index (κ3) is 3.33. The number of hydrogen-bond donors (Lipinski definition) is 2. The van der Waals surface area contributed by atoms with E-state index < -0.39 is 17.3 Å². The standard InChI is InChI=1S/C23H27FN2O2/c1-23(2)17-14-18(24)19(25-20(27)12-15-8-4-3-5-9-15)13-16(17)21(22(23)28)26-10-6-7-11-26/h3-5,8-9,13-14,21-22,28H,6-7,10-12H2,1-2H3,(H,25,27). The molecule has 2 aliphatic rings. The molecule has 1 saturated heterocycles. The smallest absolute Gasteiger partial charge is 0.228 e. The fourth-order valence-corrected chi connectivity index (χ4v) is 4.60. The SMILES string of the molecule is CC1(C)c2cc(F)c(NC(=O)Cc3ccccc3)cc2C(N2CCCC2)C1O. The quantitative estimate of drug-likeness (QED) is 0.846. The number of amides is 1. The largest absolute Gasteiger partial charge is 0.390 e. The number of halogens is 1. The van der Waals surface area contributed by atoms with Gasteiger partial charge in [-0.3, -0.25) is 9.69 Å². The van der Waals surface area contributed by atoms with Crippen molar-refractivity contribution in [2.45, 2.75) is 50.7 Å². The summed E-state index contributed by atoms with van der Waals surface area (Å²) in [7, 11) is 0. The Morgan fingerprint density at radius 3 is 2.57 bits per heavy atom. The van der Waals surface area contributed by atoms with Crippen molar-refractivity contribution in [3.63, 3.8) is 0 Å². The van der Waals surface area contributed by atoms with Gasteiger partial charge in [0.15, 0.2) is 0 Å². The van der Waals surface area contributed by atoms with Crippen LogP contribution in [0.15, 0.2) is 42.5 Å². The molecule has 0 aromatic heterocycles. The van der Waals surface area contributed by atoms with Gasteiger partial charge in [-0.2, -0.15) is 0 Å². The molecule has 0 radical (unpaired) electrons. The summed E-state index contributed by atoms with van der Waals surface area (Å²) >= 11 is 0. The van der Waals surface area contributed by atoms with Crippen LogP contribution in [0.25, 0.3) is 0 Å². The Labute approximate surface area is 165 Å². The number of carbonyl (C=O) groups is 1. The minimum Gasteiger partial charge on any atom is -0.390 e. The first-order valence-corrected chi connectivity index (χ1v) is 9.98. The van der Waals surface area contributed by atoms with Gasteiger partial charge in [0.25, 0.3) is 0 Å². The molecule has 1 aliphatic heterocycles. The number of benzene rings is 2. The molecule has 2 atom stereocenters. The number of likely N-dealkylation sites (tertiary alicyclic amines) is 1. The van der Waals surface area contributed by atoms with Crippen molar-refractivity contribution in [3.05, 3.63) is 65.0 Å². The molecule has 0 saturated carbocycles. The van der Waals surface area contributed by atoms with Crippen LogP contribution in [0.5, 0.6) is 0 Å². The maximum Gasteiger partial charge on any atom is 0.228 e. The number of aliphatic hydroxyl groups is 1. The van der Waals surface area contributed by atoms with Crippen molar-refractivity contribution in [1.82, 2.24) is 4.90 Å². The summed E-state index contributed by atoms with van der Waals surface area (Å²) in [6.07, 6.45) is 1.82. The zero-order chi connectivity index (χ0) is 19.9. The van der Waals surface area contributed by atoms with Crippen LogP contribution in [0, 0.1) is 5.82 Å². The highest BCUT2D eigenvalue weighted by molar-refractivity contribution is 5.92. The molecule has 2 aromatic rings. The molecule has 1 amide bonds. The average molecular weight is 382 g/mol. The van der Waals surface area contributed by atoms with Crippen LogP contribution in [0.2, 0.25) is 0 Å². The lowest BCUT2D eigenvalue weighted by molar-refractivity contribution is -0.115. The molecule has 2 N–H and O–H groups in total. The van der Waals surface area contributed by atoms with Gasteiger partial charge in [-0.1, -0.05) is 44.2 Å². The van der Waals surface area contributed by atoms with Crippen LogP contribution in [-0.4, -0.2) is 35.1 Å². The molecular formula is C23H27FN2O2. The topological polar surface area (TPSA) is 52.6 Å². The van der Waals surface area contributed by atoms with Gasteiger partial charge in [-0.15, -0.1) is 0 Å². The van der Waals surface area contributed by atoms with E-state index in [1.807, 2.05) is 44.2 Å². The molecular weight excluding hydrogens is 355 g/mol. The van der Waals surface area contributed by atoms with E-state index in [1.165, 1.54) is 6.07 Å². The number of carbonyl (C=O) groups excluding carboxylic acids is 1. The van der Waals surface area contributed by atoms with E-state index in [2.05, 4.69) is 10.2 Å². The van der Waals surface area contributed by atoms with Crippen LogP contribution in [-0.2, 0) is 16.6 Å². The number of nitrogens with zero attached hydrogens (tertiary/aromatic N) is 1. The minimum atomic E-state index is -0.602. The van der Waals surface area contributed by atoms with Gasteiger partial charge < -0.3 is 10.4 Å². The third-order valence-electron chi connectivity index (χ3n) is 6.21. The Bertz CT molecular complexity index is 876. The first-order chi connectivity index (χ1) is 13.4. The lowest BCUT2D eigenvalue weighted by Gasteiger charge is -2.31. The highest BCUT2D eigenvalue weighted by Crippen LogP contribution is 2.49. The lowest BCUT2D eigenvalue weighted by atomic mass is 9.84. The molecule has 4 nitrogen and oxygen atoms in total. The lowest BCUT2D eigenvalue weighted by Crippen LogP contribution is -2.38. The van der Waals surface area contributed by atoms with Gasteiger partial charge in [0, 0.05) is 5.41 Å². The molecule has 0 bridgehead atoms. The van der Waals surface area contributed by atoms with Gasteiger partial charge in [0.05, 0.1) is 24.3 Å². The summed E-state index contributed by atoms with van der Waals surface area (Å²) in [4.78, 5) is 14.7. The third-order valence-corrected chi connectivity index (χ3v) is 6.21. The van der Waals surface area contributed by atoms with Crippen LogP contribution < -0.4 is 5.32 Å². The summed E-state index contributed by atoms with van der Waals surface area (Å²) in [6, 6.07) is 12.5. The van der Waals surface area contributed by atoms with E-state index in [9.17, 15) is 14.3 Å². The predicted octanol–water partition coefficient (Wildman–Crippen LogP) is 3.80. The van der Waals surface area contributed by atoms with Crippen LogP contribution in [0.1, 0.15) is 49.4 Å². The second kappa shape index (κ2) is 7.30. The number of rotatable bonds is 4. The van der Waals surface area contributed by atoms with Gasteiger partial charge in [-0.05, 0) is 54.8 Å². The summed E-state index contributed by atoms with van der Waals surface area (Å²) < 4.78 is 14.8. The first-order valence-electron chi connectivity index (χ1n) is 9.98. The Balaban J connectivity index is 1.63. The summed E-state index contributed by atoms with van der Waals surface area (Å²) in [5, 5.41) is 13.7. The average Bonchev–Trinajstić information content (AvgIpc) is 3.24. The van der Waals surface area contributed by atoms with E-state index in [4.69, 9.17) is 0 Å². The Kier molecular flexibility index (Phi) is 4.98. The van der Waals surface area contributed by atoms with E-state index in [-0.39, 0.29) is 24.1 Å². The normalized spacial score (nSPS) is 23.6. The van der Waals surface area contributed by atoms with Gasteiger partial charge >= 0.3 is 0 Å². The molecule has 0 spiro atoms.